The van der Waals surface area contributed by atoms with Crippen LogP contribution in [0.2, 0.25) is 0 Å². The molecule has 1 aromatic heterocycles. The van der Waals surface area contributed by atoms with E-state index in [1.807, 2.05) is 0 Å². The van der Waals surface area contributed by atoms with Gasteiger partial charge in [-0.3, -0.25) is 4.79 Å². The van der Waals surface area contributed by atoms with Gasteiger partial charge in [0.1, 0.15) is 0 Å². The summed E-state index contributed by atoms with van der Waals surface area (Å²) < 4.78 is 26.0. The number of nitrogens with one attached hydrogen (secondary N) is 2. The molecular weight excluding hydrogens is 278 g/mol. The maximum Gasteiger partial charge on any atom is 0.323 e. The van der Waals surface area contributed by atoms with E-state index in [2.05, 4.69) is 9.97 Å². The average Bonchev–Trinajstić information content (AvgIpc) is 2.82. The highest BCUT2D eigenvalue weighted by Gasteiger charge is 2.11. The largest absolute Gasteiger partial charge is 0.323 e. The SMILES string of the molecule is O=C(Cc1ccc(F)c(F)c1)c1ccc2[nH]c(=O)[nH]c2c1. The molecule has 2 aromatic carbocycles. The van der Waals surface area contributed by atoms with Crippen molar-refractivity contribution in [2.24, 2.45) is 0 Å². The predicted octanol–water partition coefficient (Wildman–Crippen LogP) is 2.56. The van der Waals surface area contributed by atoms with Gasteiger partial charge in [-0.05, 0) is 35.9 Å². The average molecular weight is 288 g/mol. The first-order valence-electron chi connectivity index (χ1n) is 6.22. The lowest BCUT2D eigenvalue weighted by Gasteiger charge is -2.03. The van der Waals surface area contributed by atoms with E-state index in [1.165, 1.54) is 6.07 Å². The molecule has 0 bridgehead atoms. The number of hydrogen-bond acceptors (Lipinski definition) is 2. The fourth-order valence-corrected chi connectivity index (χ4v) is 2.14. The molecule has 0 aliphatic rings. The van der Waals surface area contributed by atoms with Crippen LogP contribution in [0.15, 0.2) is 41.2 Å². The zero-order valence-corrected chi connectivity index (χ0v) is 10.7. The van der Waals surface area contributed by atoms with Gasteiger partial charge >= 0.3 is 5.69 Å². The van der Waals surface area contributed by atoms with E-state index in [9.17, 15) is 18.4 Å². The van der Waals surface area contributed by atoms with Crippen LogP contribution in [0.5, 0.6) is 0 Å². The van der Waals surface area contributed by atoms with Crippen LogP contribution < -0.4 is 5.69 Å². The van der Waals surface area contributed by atoms with Gasteiger partial charge in [0, 0.05) is 12.0 Å². The zero-order chi connectivity index (χ0) is 15.0. The number of halogens is 2. The van der Waals surface area contributed by atoms with Gasteiger partial charge in [-0.15, -0.1) is 0 Å². The molecule has 0 amide bonds. The number of aromatic amines is 2. The minimum Gasteiger partial charge on any atom is -0.306 e. The van der Waals surface area contributed by atoms with E-state index in [0.29, 0.717) is 22.2 Å². The number of imidazole rings is 1. The molecule has 6 heteroatoms. The van der Waals surface area contributed by atoms with Crippen LogP contribution in [0, 0.1) is 11.6 Å². The van der Waals surface area contributed by atoms with Crippen LogP contribution in [-0.2, 0) is 6.42 Å². The maximum absolute atomic E-state index is 13.1. The third kappa shape index (κ3) is 2.60. The van der Waals surface area contributed by atoms with Gasteiger partial charge in [0.15, 0.2) is 17.4 Å². The highest BCUT2D eigenvalue weighted by Crippen LogP contribution is 2.15. The molecule has 0 saturated carbocycles. The highest BCUT2D eigenvalue weighted by molar-refractivity contribution is 6.00. The van der Waals surface area contributed by atoms with Gasteiger partial charge in [-0.2, -0.15) is 0 Å². The van der Waals surface area contributed by atoms with Crippen molar-refractivity contribution in [2.75, 3.05) is 0 Å². The summed E-state index contributed by atoms with van der Waals surface area (Å²) in [4.78, 5) is 28.4. The molecular formula is C15H10F2N2O2. The molecule has 3 aromatic rings. The molecule has 1 heterocycles. The van der Waals surface area contributed by atoms with Gasteiger partial charge in [0.25, 0.3) is 0 Å². The lowest BCUT2D eigenvalue weighted by atomic mass is 10.0. The van der Waals surface area contributed by atoms with Crippen LogP contribution in [0.1, 0.15) is 15.9 Å². The number of rotatable bonds is 3. The Morgan fingerprint density at radius 3 is 2.48 bits per heavy atom. The minimum absolute atomic E-state index is 0.0443. The van der Waals surface area contributed by atoms with Crippen molar-refractivity contribution >= 4 is 16.8 Å². The number of ketones is 1. The quantitative estimate of drug-likeness (QED) is 0.727. The summed E-state index contributed by atoms with van der Waals surface area (Å²) in [5.74, 6) is -2.17. The summed E-state index contributed by atoms with van der Waals surface area (Å²) >= 11 is 0. The lowest BCUT2D eigenvalue weighted by molar-refractivity contribution is 0.0993. The Balaban J connectivity index is 1.89. The van der Waals surface area contributed by atoms with Crippen molar-refractivity contribution in [2.45, 2.75) is 6.42 Å². The Bertz CT molecular complexity index is 896. The second-order valence-electron chi connectivity index (χ2n) is 4.69. The maximum atomic E-state index is 13.1. The lowest BCUT2D eigenvalue weighted by Crippen LogP contribution is -2.04. The zero-order valence-electron chi connectivity index (χ0n) is 10.7. The van der Waals surface area contributed by atoms with E-state index >= 15 is 0 Å². The van der Waals surface area contributed by atoms with E-state index in [1.54, 1.807) is 18.2 Å². The van der Waals surface area contributed by atoms with E-state index in [-0.39, 0.29) is 17.9 Å². The molecule has 0 aliphatic heterocycles. The Morgan fingerprint density at radius 1 is 0.952 bits per heavy atom. The first kappa shape index (κ1) is 13.2. The van der Waals surface area contributed by atoms with Crippen LogP contribution in [0.4, 0.5) is 8.78 Å². The fraction of sp³-hybridized carbons (Fsp3) is 0.0667. The number of benzene rings is 2. The molecule has 0 aliphatic carbocycles. The van der Waals surface area contributed by atoms with Gasteiger partial charge in [0.2, 0.25) is 0 Å². The molecule has 0 fully saturated rings. The minimum atomic E-state index is -0.981. The first-order chi connectivity index (χ1) is 10.0. The molecule has 2 N–H and O–H groups in total. The van der Waals surface area contributed by atoms with Gasteiger partial charge in [0.05, 0.1) is 11.0 Å². The van der Waals surface area contributed by atoms with E-state index in [0.717, 1.165) is 12.1 Å². The van der Waals surface area contributed by atoms with Crippen molar-refractivity contribution < 1.29 is 13.6 Å². The molecule has 21 heavy (non-hydrogen) atoms. The van der Waals surface area contributed by atoms with Crippen LogP contribution in [-0.4, -0.2) is 15.8 Å². The first-order valence-corrected chi connectivity index (χ1v) is 6.22. The van der Waals surface area contributed by atoms with E-state index in [4.69, 9.17) is 0 Å². The number of fused-ring (bicyclic) bond motifs is 1. The Morgan fingerprint density at radius 2 is 1.71 bits per heavy atom. The van der Waals surface area contributed by atoms with Crippen LogP contribution >= 0.6 is 0 Å². The van der Waals surface area contributed by atoms with Crippen molar-refractivity contribution in [3.8, 4) is 0 Å². The fourth-order valence-electron chi connectivity index (χ4n) is 2.14. The molecule has 0 atom stereocenters. The van der Waals surface area contributed by atoms with Gasteiger partial charge in [-0.1, -0.05) is 6.07 Å². The number of H-pyrrole nitrogens is 2. The number of carbonyl (C=O) groups excluding carboxylic acids is 1. The summed E-state index contributed by atoms with van der Waals surface area (Å²) in [6.45, 7) is 0. The normalized spacial score (nSPS) is 11.0. The Labute approximate surface area is 117 Å². The van der Waals surface area contributed by atoms with E-state index < -0.39 is 11.6 Å². The second kappa shape index (κ2) is 4.97. The molecule has 0 spiro atoms. The highest BCUT2D eigenvalue weighted by atomic mass is 19.2. The third-order valence-electron chi connectivity index (χ3n) is 3.19. The molecule has 3 rings (SSSR count). The smallest absolute Gasteiger partial charge is 0.306 e. The molecule has 0 radical (unpaired) electrons. The Hall–Kier alpha value is -2.76. The number of hydrogen-bond donors (Lipinski definition) is 2. The summed E-state index contributed by atoms with van der Waals surface area (Å²) in [7, 11) is 0. The molecule has 4 nitrogen and oxygen atoms in total. The monoisotopic (exact) mass is 288 g/mol. The van der Waals surface area contributed by atoms with Crippen molar-refractivity contribution in [1.29, 1.82) is 0 Å². The predicted molar refractivity (Wildman–Crippen MR) is 73.3 cm³/mol. The topological polar surface area (TPSA) is 65.7 Å². The van der Waals surface area contributed by atoms with Gasteiger partial charge in [-0.25, -0.2) is 13.6 Å². The van der Waals surface area contributed by atoms with Crippen molar-refractivity contribution in [3.63, 3.8) is 0 Å². The number of Topliss-reactive ketones (excluding diaryl/α,β-unsaturated/α-hetero) is 1. The van der Waals surface area contributed by atoms with Gasteiger partial charge < -0.3 is 9.97 Å². The molecule has 106 valence electrons. The number of aromatic nitrogens is 2. The Kier molecular flexibility index (Phi) is 3.13. The third-order valence-corrected chi connectivity index (χ3v) is 3.19. The summed E-state index contributed by atoms with van der Waals surface area (Å²) in [5, 5.41) is 0. The van der Waals surface area contributed by atoms with Crippen LogP contribution in [0.25, 0.3) is 11.0 Å². The second-order valence-corrected chi connectivity index (χ2v) is 4.69. The summed E-state index contributed by atoms with van der Waals surface area (Å²) in [5.41, 5.74) is 1.56. The standard InChI is InChI=1S/C15H10F2N2O2/c16-10-3-1-8(5-11(10)17)6-14(20)9-2-4-12-13(7-9)19-15(21)18-12/h1-5,7H,6H2,(H2,18,19,21). The van der Waals surface area contributed by atoms with Crippen molar-refractivity contribution in [3.05, 3.63) is 69.6 Å². The summed E-state index contributed by atoms with van der Waals surface area (Å²) in [6, 6.07) is 8.11. The summed E-state index contributed by atoms with van der Waals surface area (Å²) in [6.07, 6.45) is -0.0443. The molecule has 0 unspecified atom stereocenters. The number of carbonyl (C=O) groups is 1. The van der Waals surface area contributed by atoms with Crippen LogP contribution in [0.3, 0.4) is 0 Å². The molecule has 0 saturated heterocycles. The van der Waals surface area contributed by atoms with Crippen molar-refractivity contribution in [1.82, 2.24) is 9.97 Å².